The SMILES string of the molecule is CCc1cc(COc2cc(Cl)ccc2/C(N)=N/O)n(C)n1. The Balaban J connectivity index is 2.22. The number of nitrogens with two attached hydrogens (primary N) is 1. The highest BCUT2D eigenvalue weighted by Crippen LogP contribution is 2.24. The Kier molecular flexibility index (Phi) is 4.70. The van der Waals surface area contributed by atoms with Gasteiger partial charge < -0.3 is 15.7 Å². The van der Waals surface area contributed by atoms with E-state index in [1.54, 1.807) is 22.9 Å². The van der Waals surface area contributed by atoms with Gasteiger partial charge in [-0.2, -0.15) is 5.10 Å². The first-order chi connectivity index (χ1) is 10.0. The molecule has 0 fully saturated rings. The zero-order chi connectivity index (χ0) is 15.4. The average molecular weight is 309 g/mol. The third-order valence-electron chi connectivity index (χ3n) is 3.09. The van der Waals surface area contributed by atoms with Gasteiger partial charge in [-0.15, -0.1) is 0 Å². The zero-order valence-electron chi connectivity index (χ0n) is 11.9. The lowest BCUT2D eigenvalue weighted by Gasteiger charge is -2.11. The lowest BCUT2D eigenvalue weighted by atomic mass is 10.2. The van der Waals surface area contributed by atoms with Gasteiger partial charge in [-0.25, -0.2) is 0 Å². The van der Waals surface area contributed by atoms with E-state index in [1.165, 1.54) is 0 Å². The van der Waals surface area contributed by atoms with Crippen molar-refractivity contribution in [3.63, 3.8) is 0 Å². The second-order valence-electron chi connectivity index (χ2n) is 4.52. The Morgan fingerprint density at radius 2 is 2.24 bits per heavy atom. The summed E-state index contributed by atoms with van der Waals surface area (Å²) in [5, 5.41) is 16.7. The predicted octanol–water partition coefficient (Wildman–Crippen LogP) is 2.31. The van der Waals surface area contributed by atoms with Crippen LogP contribution in [0.5, 0.6) is 5.75 Å². The molecule has 1 aromatic heterocycles. The molecular formula is C14H17ClN4O2. The summed E-state index contributed by atoms with van der Waals surface area (Å²) in [6, 6.07) is 6.91. The van der Waals surface area contributed by atoms with E-state index in [9.17, 15) is 0 Å². The molecule has 0 amide bonds. The Morgan fingerprint density at radius 3 is 2.86 bits per heavy atom. The molecule has 2 rings (SSSR count). The summed E-state index contributed by atoms with van der Waals surface area (Å²) in [4.78, 5) is 0. The molecule has 0 saturated carbocycles. The fourth-order valence-corrected chi connectivity index (χ4v) is 2.07. The fraction of sp³-hybridized carbons (Fsp3) is 0.286. The van der Waals surface area contributed by atoms with Crippen LogP contribution in [-0.4, -0.2) is 20.8 Å². The van der Waals surface area contributed by atoms with Gasteiger partial charge in [-0.3, -0.25) is 4.68 Å². The molecule has 2 aromatic rings. The first-order valence-electron chi connectivity index (χ1n) is 6.47. The smallest absolute Gasteiger partial charge is 0.173 e. The van der Waals surface area contributed by atoms with Crippen molar-refractivity contribution in [2.75, 3.05) is 0 Å². The van der Waals surface area contributed by atoms with Gasteiger partial charge in [0.1, 0.15) is 12.4 Å². The first-order valence-corrected chi connectivity index (χ1v) is 6.85. The van der Waals surface area contributed by atoms with E-state index >= 15 is 0 Å². The van der Waals surface area contributed by atoms with E-state index in [4.69, 9.17) is 27.3 Å². The minimum Gasteiger partial charge on any atom is -0.486 e. The molecule has 0 aliphatic heterocycles. The summed E-state index contributed by atoms with van der Waals surface area (Å²) in [7, 11) is 1.86. The van der Waals surface area contributed by atoms with Crippen LogP contribution in [0.15, 0.2) is 29.4 Å². The van der Waals surface area contributed by atoms with Crippen molar-refractivity contribution in [2.24, 2.45) is 17.9 Å². The van der Waals surface area contributed by atoms with Crippen molar-refractivity contribution in [2.45, 2.75) is 20.0 Å². The van der Waals surface area contributed by atoms with Crippen LogP contribution in [0.2, 0.25) is 5.02 Å². The molecule has 112 valence electrons. The number of nitrogens with zero attached hydrogens (tertiary/aromatic N) is 3. The van der Waals surface area contributed by atoms with Gasteiger partial charge in [-0.1, -0.05) is 23.7 Å². The van der Waals surface area contributed by atoms with Gasteiger partial charge in [0.2, 0.25) is 0 Å². The minimum absolute atomic E-state index is 0.0269. The van der Waals surface area contributed by atoms with Crippen LogP contribution in [-0.2, 0) is 20.1 Å². The van der Waals surface area contributed by atoms with Crippen molar-refractivity contribution >= 4 is 17.4 Å². The number of halogens is 1. The van der Waals surface area contributed by atoms with Crippen LogP contribution in [0.4, 0.5) is 0 Å². The van der Waals surface area contributed by atoms with Gasteiger partial charge in [0, 0.05) is 12.1 Å². The van der Waals surface area contributed by atoms with E-state index in [1.807, 2.05) is 20.0 Å². The normalized spacial score (nSPS) is 11.7. The quantitative estimate of drug-likeness (QED) is 0.384. The second kappa shape index (κ2) is 6.49. The molecule has 6 nitrogen and oxygen atoms in total. The number of aryl methyl sites for hydroxylation is 2. The summed E-state index contributed by atoms with van der Waals surface area (Å²) >= 11 is 5.96. The lowest BCUT2D eigenvalue weighted by molar-refractivity contribution is 0.293. The Hall–Kier alpha value is -2.21. The first kappa shape index (κ1) is 15.2. The van der Waals surface area contributed by atoms with E-state index < -0.39 is 0 Å². The summed E-state index contributed by atoms with van der Waals surface area (Å²) in [5.74, 6) is 0.429. The fourth-order valence-electron chi connectivity index (χ4n) is 1.91. The average Bonchev–Trinajstić information content (AvgIpc) is 2.85. The van der Waals surface area contributed by atoms with Crippen LogP contribution >= 0.6 is 11.6 Å². The second-order valence-corrected chi connectivity index (χ2v) is 4.96. The van der Waals surface area contributed by atoms with Crippen LogP contribution in [0.25, 0.3) is 0 Å². The Bertz CT molecular complexity index is 667. The molecule has 0 radical (unpaired) electrons. The summed E-state index contributed by atoms with van der Waals surface area (Å²) in [5.41, 5.74) is 8.04. The molecule has 1 heterocycles. The van der Waals surface area contributed by atoms with Gasteiger partial charge in [-0.05, 0) is 30.7 Å². The standard InChI is InChI=1S/C14H17ClN4O2/c1-3-10-7-11(19(2)17-10)8-21-13-6-9(15)4-5-12(13)14(16)18-20/h4-7,20H,3,8H2,1-2H3,(H2,16,18). The molecule has 3 N–H and O–H groups in total. The van der Waals surface area contributed by atoms with Gasteiger partial charge >= 0.3 is 0 Å². The number of oxime groups is 1. The molecule has 0 aliphatic carbocycles. The monoisotopic (exact) mass is 308 g/mol. The molecular weight excluding hydrogens is 292 g/mol. The molecule has 0 aliphatic rings. The summed E-state index contributed by atoms with van der Waals surface area (Å²) in [6.45, 7) is 2.36. The molecule has 1 aromatic carbocycles. The number of hydrogen-bond acceptors (Lipinski definition) is 4. The van der Waals surface area contributed by atoms with E-state index in [0.29, 0.717) is 22.9 Å². The highest BCUT2D eigenvalue weighted by molar-refractivity contribution is 6.30. The maximum Gasteiger partial charge on any atom is 0.173 e. The third kappa shape index (κ3) is 3.46. The van der Waals surface area contributed by atoms with Crippen LogP contribution in [0.1, 0.15) is 23.9 Å². The van der Waals surface area contributed by atoms with Crippen LogP contribution in [0, 0.1) is 0 Å². The van der Waals surface area contributed by atoms with E-state index in [2.05, 4.69) is 10.3 Å². The van der Waals surface area contributed by atoms with Gasteiger partial charge in [0.25, 0.3) is 0 Å². The molecule has 0 saturated heterocycles. The van der Waals surface area contributed by atoms with Crippen molar-refractivity contribution in [3.8, 4) is 5.75 Å². The molecule has 7 heteroatoms. The molecule has 0 unspecified atom stereocenters. The Morgan fingerprint density at radius 1 is 1.48 bits per heavy atom. The largest absolute Gasteiger partial charge is 0.486 e. The molecule has 0 bridgehead atoms. The minimum atomic E-state index is -0.0269. The van der Waals surface area contributed by atoms with Crippen molar-refractivity contribution in [1.29, 1.82) is 0 Å². The number of benzene rings is 1. The highest BCUT2D eigenvalue weighted by atomic mass is 35.5. The number of ether oxygens (including phenoxy) is 1. The lowest BCUT2D eigenvalue weighted by Crippen LogP contribution is -2.15. The Labute approximate surface area is 127 Å². The van der Waals surface area contributed by atoms with Crippen molar-refractivity contribution in [3.05, 3.63) is 46.2 Å². The van der Waals surface area contributed by atoms with Gasteiger partial charge in [0.05, 0.1) is 17.0 Å². The molecule has 0 spiro atoms. The molecule has 0 atom stereocenters. The maximum atomic E-state index is 8.81. The number of hydrogen-bond donors (Lipinski definition) is 2. The number of aromatic nitrogens is 2. The van der Waals surface area contributed by atoms with E-state index in [0.717, 1.165) is 17.8 Å². The topological polar surface area (TPSA) is 85.7 Å². The summed E-state index contributed by atoms with van der Waals surface area (Å²) < 4.78 is 7.52. The van der Waals surface area contributed by atoms with Crippen LogP contribution in [0.3, 0.4) is 0 Å². The highest BCUT2D eigenvalue weighted by Gasteiger charge is 2.11. The van der Waals surface area contributed by atoms with Crippen molar-refractivity contribution in [1.82, 2.24) is 9.78 Å². The predicted molar refractivity (Wildman–Crippen MR) is 80.9 cm³/mol. The molecule has 21 heavy (non-hydrogen) atoms. The maximum absolute atomic E-state index is 8.81. The number of amidine groups is 1. The van der Waals surface area contributed by atoms with E-state index in [-0.39, 0.29) is 5.84 Å². The third-order valence-corrected chi connectivity index (χ3v) is 3.33. The van der Waals surface area contributed by atoms with Crippen molar-refractivity contribution < 1.29 is 9.94 Å². The summed E-state index contributed by atoms with van der Waals surface area (Å²) in [6.07, 6.45) is 0.861. The zero-order valence-corrected chi connectivity index (χ0v) is 12.6. The van der Waals surface area contributed by atoms with Crippen LogP contribution < -0.4 is 10.5 Å². The number of rotatable bonds is 5. The van der Waals surface area contributed by atoms with Gasteiger partial charge in [0.15, 0.2) is 5.84 Å².